The summed E-state index contributed by atoms with van der Waals surface area (Å²) in [5.41, 5.74) is 0. The number of carbonyl (C=O) groups excluding carboxylic acids is 1. The summed E-state index contributed by atoms with van der Waals surface area (Å²) in [4.78, 5) is 11.1. The van der Waals surface area contributed by atoms with Crippen LogP contribution in [-0.2, 0) is 4.79 Å². The van der Waals surface area contributed by atoms with Crippen LogP contribution in [0.4, 0.5) is 0 Å². The van der Waals surface area contributed by atoms with Crippen molar-refractivity contribution in [2.45, 2.75) is 17.6 Å². The summed E-state index contributed by atoms with van der Waals surface area (Å²) in [6, 6.07) is 0. The molecule has 1 amide bonds. The Balaban J connectivity index is 2.13. The lowest BCUT2D eigenvalue weighted by Crippen LogP contribution is -2.36. The minimum atomic E-state index is -0.416. The molecule has 76 valence electrons. The summed E-state index contributed by atoms with van der Waals surface area (Å²) in [6.45, 7) is 2.45. The van der Waals surface area contributed by atoms with Gasteiger partial charge in [-0.2, -0.15) is 23.5 Å². The molecule has 2 atom stereocenters. The van der Waals surface area contributed by atoms with Gasteiger partial charge in [-0.1, -0.05) is 0 Å². The van der Waals surface area contributed by atoms with Crippen molar-refractivity contribution < 1.29 is 4.79 Å². The second-order valence-electron chi connectivity index (χ2n) is 2.93. The normalized spacial score (nSPS) is 25.2. The minimum absolute atomic E-state index is 0.0576. The van der Waals surface area contributed by atoms with Crippen molar-refractivity contribution >= 4 is 41.0 Å². The van der Waals surface area contributed by atoms with Gasteiger partial charge < -0.3 is 5.32 Å². The standard InChI is InChI=1S/C8H14ClNOS2/c1-6(9)8(11)10-4-7-5-12-2-3-13-7/h6-7H,2-5H2,1H3,(H,10,11). The Kier molecular flexibility index (Phi) is 5.36. The molecule has 1 saturated heterocycles. The fraction of sp³-hybridized carbons (Fsp3) is 0.875. The summed E-state index contributed by atoms with van der Waals surface area (Å²) in [5, 5.41) is 3.00. The Morgan fingerprint density at radius 2 is 2.46 bits per heavy atom. The number of thioether (sulfide) groups is 2. The third-order valence-corrected chi connectivity index (χ3v) is 4.79. The maximum Gasteiger partial charge on any atom is 0.237 e. The number of nitrogens with one attached hydrogen (secondary N) is 1. The Labute approximate surface area is 92.5 Å². The molecule has 0 aromatic rings. The van der Waals surface area contributed by atoms with E-state index in [9.17, 15) is 4.79 Å². The van der Waals surface area contributed by atoms with Crippen molar-refractivity contribution in [2.75, 3.05) is 23.8 Å². The van der Waals surface area contributed by atoms with E-state index < -0.39 is 5.38 Å². The Bertz CT molecular complexity index is 172. The molecule has 1 N–H and O–H groups in total. The zero-order valence-electron chi connectivity index (χ0n) is 7.59. The summed E-state index contributed by atoms with van der Waals surface area (Å²) in [5.74, 6) is 3.52. The second kappa shape index (κ2) is 6.04. The molecule has 1 rings (SSSR count). The predicted octanol–water partition coefficient (Wildman–Crippen LogP) is 1.58. The van der Waals surface area contributed by atoms with E-state index in [0.717, 1.165) is 12.3 Å². The molecule has 0 bridgehead atoms. The quantitative estimate of drug-likeness (QED) is 0.759. The van der Waals surface area contributed by atoms with Crippen LogP contribution in [0.5, 0.6) is 0 Å². The van der Waals surface area contributed by atoms with Crippen LogP contribution in [-0.4, -0.2) is 40.3 Å². The number of rotatable bonds is 3. The molecule has 0 radical (unpaired) electrons. The van der Waals surface area contributed by atoms with Crippen LogP contribution < -0.4 is 5.32 Å². The number of amides is 1. The van der Waals surface area contributed by atoms with Gasteiger partial charge >= 0.3 is 0 Å². The minimum Gasteiger partial charge on any atom is -0.354 e. The van der Waals surface area contributed by atoms with Crippen molar-refractivity contribution in [3.05, 3.63) is 0 Å². The van der Waals surface area contributed by atoms with E-state index in [1.165, 1.54) is 11.5 Å². The Hall–Kier alpha value is 0.460. The highest BCUT2D eigenvalue weighted by atomic mass is 35.5. The number of alkyl halides is 1. The van der Waals surface area contributed by atoms with Crippen LogP contribution in [0.25, 0.3) is 0 Å². The van der Waals surface area contributed by atoms with E-state index >= 15 is 0 Å². The van der Waals surface area contributed by atoms with E-state index in [4.69, 9.17) is 11.6 Å². The van der Waals surface area contributed by atoms with E-state index in [-0.39, 0.29) is 5.91 Å². The summed E-state index contributed by atoms with van der Waals surface area (Å²) >= 11 is 9.52. The monoisotopic (exact) mass is 239 g/mol. The molecule has 0 saturated carbocycles. The van der Waals surface area contributed by atoms with Crippen molar-refractivity contribution in [3.63, 3.8) is 0 Å². The number of halogens is 1. The van der Waals surface area contributed by atoms with Gasteiger partial charge in [0.15, 0.2) is 0 Å². The van der Waals surface area contributed by atoms with Crippen LogP contribution in [0.2, 0.25) is 0 Å². The zero-order valence-corrected chi connectivity index (χ0v) is 9.97. The van der Waals surface area contributed by atoms with E-state index in [1.54, 1.807) is 6.92 Å². The fourth-order valence-electron chi connectivity index (χ4n) is 1.01. The SMILES string of the molecule is CC(Cl)C(=O)NCC1CSCCS1. The smallest absolute Gasteiger partial charge is 0.237 e. The van der Waals surface area contributed by atoms with Crippen molar-refractivity contribution in [2.24, 2.45) is 0 Å². The third kappa shape index (κ3) is 4.47. The molecule has 1 heterocycles. The topological polar surface area (TPSA) is 29.1 Å². The van der Waals surface area contributed by atoms with E-state index in [1.807, 2.05) is 23.5 Å². The highest BCUT2D eigenvalue weighted by Crippen LogP contribution is 2.23. The lowest BCUT2D eigenvalue weighted by Gasteiger charge is -2.21. The molecule has 2 unspecified atom stereocenters. The van der Waals surface area contributed by atoms with E-state index in [2.05, 4.69) is 5.32 Å². The Morgan fingerprint density at radius 1 is 1.69 bits per heavy atom. The molecule has 0 aliphatic carbocycles. The number of hydrogen-bond acceptors (Lipinski definition) is 3. The fourth-order valence-corrected chi connectivity index (χ4v) is 3.70. The van der Waals surface area contributed by atoms with Crippen molar-refractivity contribution in [3.8, 4) is 0 Å². The molecule has 1 fully saturated rings. The largest absolute Gasteiger partial charge is 0.354 e. The van der Waals surface area contributed by atoms with Crippen molar-refractivity contribution in [1.82, 2.24) is 5.32 Å². The molecule has 13 heavy (non-hydrogen) atoms. The predicted molar refractivity (Wildman–Crippen MR) is 61.9 cm³/mol. The maximum atomic E-state index is 11.1. The third-order valence-electron chi connectivity index (χ3n) is 1.75. The molecule has 0 spiro atoms. The zero-order chi connectivity index (χ0) is 9.68. The average Bonchev–Trinajstić information content (AvgIpc) is 2.15. The molecule has 5 heteroatoms. The van der Waals surface area contributed by atoms with Gasteiger partial charge in [0.05, 0.1) is 0 Å². The first-order valence-electron chi connectivity index (χ1n) is 4.31. The Morgan fingerprint density at radius 3 is 3.00 bits per heavy atom. The highest BCUT2D eigenvalue weighted by molar-refractivity contribution is 8.06. The molecule has 2 nitrogen and oxygen atoms in total. The molecular formula is C8H14ClNOS2. The number of hydrogen-bond donors (Lipinski definition) is 1. The molecule has 0 aromatic carbocycles. The summed E-state index contributed by atoms with van der Waals surface area (Å²) < 4.78 is 0. The molecule has 0 aromatic heterocycles. The van der Waals surface area contributed by atoms with Gasteiger partial charge in [-0.25, -0.2) is 0 Å². The lowest BCUT2D eigenvalue weighted by molar-refractivity contribution is -0.120. The van der Waals surface area contributed by atoms with Gasteiger partial charge in [0, 0.05) is 29.1 Å². The van der Waals surface area contributed by atoms with Crippen LogP contribution in [0, 0.1) is 0 Å². The van der Waals surface area contributed by atoms with Gasteiger partial charge in [0.25, 0.3) is 0 Å². The van der Waals surface area contributed by atoms with Gasteiger partial charge in [0.1, 0.15) is 5.38 Å². The van der Waals surface area contributed by atoms with Crippen LogP contribution in [0.15, 0.2) is 0 Å². The highest BCUT2D eigenvalue weighted by Gasteiger charge is 2.16. The average molecular weight is 240 g/mol. The van der Waals surface area contributed by atoms with Gasteiger partial charge in [0.2, 0.25) is 5.91 Å². The second-order valence-corrected chi connectivity index (χ2v) is 6.14. The first-order chi connectivity index (χ1) is 6.20. The summed E-state index contributed by atoms with van der Waals surface area (Å²) in [6.07, 6.45) is 0. The first-order valence-corrected chi connectivity index (χ1v) is 6.95. The first kappa shape index (κ1) is 11.5. The summed E-state index contributed by atoms with van der Waals surface area (Å²) in [7, 11) is 0. The molecule has 1 aliphatic heterocycles. The van der Waals surface area contributed by atoms with E-state index in [0.29, 0.717) is 5.25 Å². The van der Waals surface area contributed by atoms with Gasteiger partial charge in [-0.05, 0) is 6.92 Å². The molecule has 1 aliphatic rings. The van der Waals surface area contributed by atoms with Gasteiger partial charge in [-0.15, -0.1) is 11.6 Å². The van der Waals surface area contributed by atoms with Crippen molar-refractivity contribution in [1.29, 1.82) is 0 Å². The van der Waals surface area contributed by atoms with Gasteiger partial charge in [-0.3, -0.25) is 4.79 Å². The van der Waals surface area contributed by atoms with Crippen LogP contribution in [0.3, 0.4) is 0 Å². The lowest BCUT2D eigenvalue weighted by atomic mass is 10.4. The number of carbonyl (C=O) groups is 1. The van der Waals surface area contributed by atoms with Crippen LogP contribution in [0.1, 0.15) is 6.92 Å². The van der Waals surface area contributed by atoms with Crippen LogP contribution >= 0.6 is 35.1 Å². The maximum absolute atomic E-state index is 11.1. The molecular weight excluding hydrogens is 226 g/mol.